The van der Waals surface area contributed by atoms with Gasteiger partial charge in [-0.15, -0.1) is 0 Å². The van der Waals surface area contributed by atoms with Crippen molar-refractivity contribution in [1.29, 1.82) is 0 Å². The highest BCUT2D eigenvalue weighted by atomic mass is 16.6. The van der Waals surface area contributed by atoms with Gasteiger partial charge in [-0.05, 0) is 69.2 Å². The van der Waals surface area contributed by atoms with Crippen molar-refractivity contribution in [3.8, 4) is 0 Å². The van der Waals surface area contributed by atoms with Gasteiger partial charge in [0.05, 0.1) is 0 Å². The second-order valence-electron chi connectivity index (χ2n) is 9.01. The van der Waals surface area contributed by atoms with E-state index in [1.165, 1.54) is 6.42 Å². The van der Waals surface area contributed by atoms with Gasteiger partial charge in [-0.2, -0.15) is 0 Å². The number of nitrogens with two attached hydrogens (primary N) is 1. The highest BCUT2D eigenvalue weighted by Gasteiger charge is 2.41. The molecule has 0 radical (unpaired) electrons. The third kappa shape index (κ3) is 4.61. The van der Waals surface area contributed by atoms with Crippen molar-refractivity contribution in [2.24, 2.45) is 16.6 Å². The molecular formula is C18H34N2O2. The summed E-state index contributed by atoms with van der Waals surface area (Å²) in [4.78, 5) is 12.3. The second kappa shape index (κ2) is 6.38. The lowest BCUT2D eigenvalue weighted by molar-refractivity contribution is -0.00806. The van der Waals surface area contributed by atoms with Gasteiger partial charge in [0.2, 0.25) is 0 Å². The maximum Gasteiger partial charge on any atom is 0.407 e. The average molecular weight is 310 g/mol. The number of rotatable bonds is 3. The quantitative estimate of drug-likeness (QED) is 0.828. The Bertz CT molecular complexity index is 402. The first-order chi connectivity index (χ1) is 10.2. The third-order valence-electron chi connectivity index (χ3n) is 5.51. The van der Waals surface area contributed by atoms with E-state index < -0.39 is 0 Å². The molecule has 0 aromatic heterocycles. The number of ether oxygens (including phenoxy) is 1. The molecule has 0 saturated heterocycles. The smallest absolute Gasteiger partial charge is 0.407 e. The van der Waals surface area contributed by atoms with E-state index in [1.807, 2.05) is 0 Å². The fourth-order valence-electron chi connectivity index (χ4n) is 4.71. The van der Waals surface area contributed by atoms with Crippen LogP contribution >= 0.6 is 0 Å². The van der Waals surface area contributed by atoms with Crippen molar-refractivity contribution in [3.63, 3.8) is 0 Å². The van der Waals surface area contributed by atoms with Crippen LogP contribution in [0.4, 0.5) is 4.79 Å². The summed E-state index contributed by atoms with van der Waals surface area (Å²) in [7, 11) is 0. The summed E-state index contributed by atoms with van der Waals surface area (Å²) in [5, 5.41) is 3.12. The molecule has 0 aliphatic heterocycles. The van der Waals surface area contributed by atoms with E-state index in [2.05, 4.69) is 33.0 Å². The molecule has 2 aliphatic carbocycles. The maximum absolute atomic E-state index is 12.3. The Balaban J connectivity index is 1.92. The summed E-state index contributed by atoms with van der Waals surface area (Å²) in [6.07, 6.45) is 8.35. The lowest BCUT2D eigenvalue weighted by Gasteiger charge is -2.46. The molecule has 4 heteroatoms. The lowest BCUT2D eigenvalue weighted by atomic mass is 9.63. The zero-order valence-electron chi connectivity index (χ0n) is 14.8. The van der Waals surface area contributed by atoms with Gasteiger partial charge in [-0.3, -0.25) is 0 Å². The highest BCUT2D eigenvalue weighted by Crippen LogP contribution is 2.45. The Morgan fingerprint density at radius 1 is 1.14 bits per heavy atom. The van der Waals surface area contributed by atoms with E-state index in [4.69, 9.17) is 10.5 Å². The summed E-state index contributed by atoms with van der Waals surface area (Å²) < 4.78 is 5.77. The molecule has 128 valence electrons. The molecule has 2 aliphatic rings. The van der Waals surface area contributed by atoms with E-state index in [1.54, 1.807) is 0 Å². The fourth-order valence-corrected chi connectivity index (χ4v) is 4.71. The molecule has 2 atom stereocenters. The van der Waals surface area contributed by atoms with Crippen molar-refractivity contribution < 1.29 is 9.53 Å². The minimum Gasteiger partial charge on any atom is -0.443 e. The largest absolute Gasteiger partial charge is 0.443 e. The molecule has 1 amide bonds. The predicted octanol–water partition coefficient (Wildman–Crippen LogP) is 3.98. The molecule has 0 spiro atoms. The molecule has 2 fully saturated rings. The van der Waals surface area contributed by atoms with Gasteiger partial charge in [0.25, 0.3) is 0 Å². The topological polar surface area (TPSA) is 64.3 Å². The Hall–Kier alpha value is -0.770. The number of alkyl carbamates (subject to hydrolysis) is 1. The number of carbonyl (C=O) groups is 1. The predicted molar refractivity (Wildman–Crippen MR) is 89.7 cm³/mol. The molecule has 2 saturated carbocycles. The Labute approximate surface area is 135 Å². The van der Waals surface area contributed by atoms with Gasteiger partial charge in [0.1, 0.15) is 5.60 Å². The van der Waals surface area contributed by atoms with Crippen LogP contribution in [0.2, 0.25) is 0 Å². The minimum absolute atomic E-state index is 0.106. The van der Waals surface area contributed by atoms with Crippen LogP contribution in [0.25, 0.3) is 0 Å². The molecular weight excluding hydrogens is 276 g/mol. The van der Waals surface area contributed by atoms with Gasteiger partial charge in [0, 0.05) is 6.04 Å². The SMILES string of the molecule is CC1(C)CC(NC(=O)OC2(C)CCCCC2)CC(C)(CN)C1. The summed E-state index contributed by atoms with van der Waals surface area (Å²) >= 11 is 0. The molecule has 0 bridgehead atoms. The van der Waals surface area contributed by atoms with Crippen molar-refractivity contribution >= 4 is 6.09 Å². The molecule has 0 aromatic rings. The van der Waals surface area contributed by atoms with Crippen LogP contribution in [-0.4, -0.2) is 24.3 Å². The average Bonchev–Trinajstić information content (AvgIpc) is 2.36. The summed E-state index contributed by atoms with van der Waals surface area (Å²) in [5.41, 5.74) is 6.02. The first-order valence-electron chi connectivity index (χ1n) is 8.85. The molecule has 2 unspecified atom stereocenters. The van der Waals surface area contributed by atoms with Crippen LogP contribution in [0.15, 0.2) is 0 Å². The van der Waals surface area contributed by atoms with E-state index in [0.717, 1.165) is 44.9 Å². The van der Waals surface area contributed by atoms with Crippen molar-refractivity contribution in [3.05, 3.63) is 0 Å². The number of hydrogen-bond acceptors (Lipinski definition) is 3. The van der Waals surface area contributed by atoms with Crippen LogP contribution in [0.3, 0.4) is 0 Å². The monoisotopic (exact) mass is 310 g/mol. The van der Waals surface area contributed by atoms with Crippen molar-refractivity contribution in [1.82, 2.24) is 5.32 Å². The van der Waals surface area contributed by atoms with Crippen LogP contribution < -0.4 is 11.1 Å². The van der Waals surface area contributed by atoms with Gasteiger partial charge >= 0.3 is 6.09 Å². The van der Waals surface area contributed by atoms with Gasteiger partial charge in [-0.1, -0.05) is 27.2 Å². The zero-order chi connectivity index (χ0) is 16.4. The molecule has 0 heterocycles. The van der Waals surface area contributed by atoms with E-state index in [9.17, 15) is 4.79 Å². The second-order valence-corrected chi connectivity index (χ2v) is 9.01. The Morgan fingerprint density at radius 3 is 2.36 bits per heavy atom. The Kier molecular flexibility index (Phi) is 5.10. The lowest BCUT2D eigenvalue weighted by Crippen LogP contribution is -2.50. The van der Waals surface area contributed by atoms with Crippen LogP contribution in [0.1, 0.15) is 79.1 Å². The van der Waals surface area contributed by atoms with Crippen molar-refractivity contribution in [2.75, 3.05) is 6.54 Å². The summed E-state index contributed by atoms with van der Waals surface area (Å²) in [5.74, 6) is 0. The van der Waals surface area contributed by atoms with Crippen molar-refractivity contribution in [2.45, 2.75) is 90.7 Å². The van der Waals surface area contributed by atoms with Gasteiger partial charge in [-0.25, -0.2) is 4.79 Å². The van der Waals surface area contributed by atoms with E-state index in [-0.39, 0.29) is 28.6 Å². The standard InChI is InChI=1S/C18H34N2O2/c1-16(2)10-14(11-17(3,12-16)13-19)20-15(21)22-18(4)8-6-5-7-9-18/h14H,5-13,19H2,1-4H3,(H,20,21). The molecule has 0 aromatic carbocycles. The first-order valence-corrected chi connectivity index (χ1v) is 8.85. The number of carbonyl (C=O) groups excluding carboxylic acids is 1. The normalized spacial score (nSPS) is 34.0. The molecule has 3 N–H and O–H groups in total. The van der Waals surface area contributed by atoms with Gasteiger partial charge in [0.15, 0.2) is 0 Å². The molecule has 4 nitrogen and oxygen atoms in total. The third-order valence-corrected chi connectivity index (χ3v) is 5.51. The summed E-state index contributed by atoms with van der Waals surface area (Å²) in [6.45, 7) is 9.50. The number of nitrogens with one attached hydrogen (secondary N) is 1. The van der Waals surface area contributed by atoms with Crippen LogP contribution in [-0.2, 0) is 4.74 Å². The zero-order valence-corrected chi connectivity index (χ0v) is 14.8. The number of hydrogen-bond donors (Lipinski definition) is 2. The van der Waals surface area contributed by atoms with Gasteiger partial charge < -0.3 is 15.8 Å². The highest BCUT2D eigenvalue weighted by molar-refractivity contribution is 5.68. The van der Waals surface area contributed by atoms with E-state index in [0.29, 0.717) is 6.54 Å². The van der Waals surface area contributed by atoms with Crippen LogP contribution in [0.5, 0.6) is 0 Å². The van der Waals surface area contributed by atoms with Crippen LogP contribution in [0, 0.1) is 10.8 Å². The fraction of sp³-hybridized carbons (Fsp3) is 0.944. The maximum atomic E-state index is 12.3. The molecule has 2 rings (SSSR count). The number of amides is 1. The van der Waals surface area contributed by atoms with E-state index >= 15 is 0 Å². The Morgan fingerprint density at radius 2 is 1.77 bits per heavy atom. The molecule has 22 heavy (non-hydrogen) atoms. The first kappa shape index (κ1) is 17.6. The summed E-state index contributed by atoms with van der Waals surface area (Å²) in [6, 6.07) is 0.164. The minimum atomic E-state index is -0.274.